The summed E-state index contributed by atoms with van der Waals surface area (Å²) < 4.78 is 0. The highest BCUT2D eigenvalue weighted by atomic mass is 16.2. The number of nitrogens with two attached hydrogens (primary N) is 1. The van der Waals surface area contributed by atoms with Crippen LogP contribution < -0.4 is 10.5 Å². The third kappa shape index (κ3) is 3.49. The average molecular weight is 367 g/mol. The largest absolute Gasteiger partial charge is 0.354 e. The van der Waals surface area contributed by atoms with E-state index in [0.29, 0.717) is 0 Å². The predicted molar refractivity (Wildman–Crippen MR) is 116 cm³/mol. The molecule has 1 atom stereocenters. The first-order chi connectivity index (χ1) is 13.6. The SMILES string of the molecule is CB(Cc1ccccc1)N1C(=O)C(N)N=C(c2ccccc2)c2ccccc21. The quantitative estimate of drug-likeness (QED) is 0.717. The van der Waals surface area contributed by atoms with Gasteiger partial charge >= 0.3 is 0 Å². The molecule has 0 spiro atoms. The van der Waals surface area contributed by atoms with E-state index in [-0.39, 0.29) is 12.8 Å². The van der Waals surface area contributed by atoms with Crippen molar-refractivity contribution in [1.29, 1.82) is 0 Å². The maximum absolute atomic E-state index is 13.2. The first kappa shape index (κ1) is 18.2. The van der Waals surface area contributed by atoms with Crippen molar-refractivity contribution in [3.63, 3.8) is 0 Å². The van der Waals surface area contributed by atoms with E-state index >= 15 is 0 Å². The number of anilines is 1. The Balaban J connectivity index is 1.79. The summed E-state index contributed by atoms with van der Waals surface area (Å²) in [6.07, 6.45) is -0.185. The fraction of sp³-hybridized carbons (Fsp3) is 0.130. The highest BCUT2D eigenvalue weighted by Gasteiger charge is 2.34. The summed E-state index contributed by atoms with van der Waals surface area (Å²) in [5, 5.41) is 0. The smallest absolute Gasteiger partial charge is 0.265 e. The number of hydrogen-bond acceptors (Lipinski definition) is 3. The van der Waals surface area contributed by atoms with Crippen LogP contribution in [0.3, 0.4) is 0 Å². The first-order valence-corrected chi connectivity index (χ1v) is 9.50. The molecular weight excluding hydrogens is 345 g/mol. The molecule has 1 aliphatic heterocycles. The topological polar surface area (TPSA) is 58.7 Å². The number of nitrogens with zero attached hydrogens (tertiary/aromatic N) is 2. The van der Waals surface area contributed by atoms with Crippen LogP contribution in [0.4, 0.5) is 5.69 Å². The van der Waals surface area contributed by atoms with Gasteiger partial charge in [0.15, 0.2) is 6.17 Å². The Labute approximate surface area is 165 Å². The van der Waals surface area contributed by atoms with Crippen LogP contribution in [0.2, 0.25) is 6.82 Å². The van der Waals surface area contributed by atoms with E-state index < -0.39 is 6.17 Å². The zero-order chi connectivity index (χ0) is 19.5. The van der Waals surface area contributed by atoms with Crippen molar-refractivity contribution < 1.29 is 4.79 Å². The number of benzene rings is 3. The standard InChI is InChI=1S/C23H22BN3O/c1-24(16-17-10-4-2-5-11-17)27-20-15-9-8-14-19(20)21(26-22(25)23(27)28)18-12-6-3-7-13-18/h2-15,22H,16,25H2,1H3. The third-order valence-corrected chi connectivity index (χ3v) is 5.04. The molecule has 1 aliphatic rings. The monoisotopic (exact) mass is 367 g/mol. The van der Waals surface area contributed by atoms with Crippen LogP contribution >= 0.6 is 0 Å². The molecule has 138 valence electrons. The minimum atomic E-state index is -0.930. The van der Waals surface area contributed by atoms with Gasteiger partial charge in [-0.3, -0.25) is 9.79 Å². The second-order valence-electron chi connectivity index (χ2n) is 7.05. The fourth-order valence-electron chi connectivity index (χ4n) is 3.74. The number of amides is 1. The normalized spacial score (nSPS) is 16.2. The Morgan fingerprint density at radius 3 is 2.25 bits per heavy atom. The van der Waals surface area contributed by atoms with E-state index in [1.807, 2.05) is 77.6 Å². The van der Waals surface area contributed by atoms with Crippen LogP contribution in [0.15, 0.2) is 89.9 Å². The van der Waals surface area contributed by atoms with E-state index in [1.165, 1.54) is 5.56 Å². The van der Waals surface area contributed by atoms with Gasteiger partial charge in [0.1, 0.15) is 0 Å². The molecule has 5 heteroatoms. The molecule has 4 nitrogen and oxygen atoms in total. The van der Waals surface area contributed by atoms with Gasteiger partial charge in [-0.2, -0.15) is 0 Å². The average Bonchev–Trinajstić information content (AvgIpc) is 2.84. The van der Waals surface area contributed by atoms with E-state index in [4.69, 9.17) is 5.73 Å². The lowest BCUT2D eigenvalue weighted by Crippen LogP contribution is -2.50. The van der Waals surface area contributed by atoms with Gasteiger partial charge in [0, 0.05) is 16.8 Å². The van der Waals surface area contributed by atoms with Crippen LogP contribution in [-0.2, 0) is 11.1 Å². The molecule has 0 saturated heterocycles. The maximum atomic E-state index is 13.2. The van der Waals surface area contributed by atoms with Gasteiger partial charge in [-0.25, -0.2) is 0 Å². The number of carbonyl (C=O) groups excluding carboxylic acids is 1. The van der Waals surface area contributed by atoms with Crippen LogP contribution in [0, 0.1) is 0 Å². The van der Waals surface area contributed by atoms with Crippen molar-refractivity contribution in [3.8, 4) is 0 Å². The molecule has 1 unspecified atom stereocenters. The molecule has 3 aromatic carbocycles. The van der Waals surface area contributed by atoms with Crippen molar-refractivity contribution in [2.24, 2.45) is 10.7 Å². The van der Waals surface area contributed by atoms with Crippen molar-refractivity contribution in [3.05, 3.63) is 102 Å². The molecule has 0 radical (unpaired) electrons. The highest BCUT2D eigenvalue weighted by Crippen LogP contribution is 2.29. The Morgan fingerprint density at radius 2 is 1.54 bits per heavy atom. The second-order valence-corrected chi connectivity index (χ2v) is 7.05. The molecule has 28 heavy (non-hydrogen) atoms. The van der Waals surface area contributed by atoms with E-state index in [0.717, 1.165) is 28.8 Å². The lowest BCUT2D eigenvalue weighted by atomic mass is 9.57. The van der Waals surface area contributed by atoms with E-state index in [1.54, 1.807) is 0 Å². The van der Waals surface area contributed by atoms with Gasteiger partial charge < -0.3 is 10.5 Å². The van der Waals surface area contributed by atoms with Crippen LogP contribution in [0.25, 0.3) is 0 Å². The first-order valence-electron chi connectivity index (χ1n) is 9.50. The van der Waals surface area contributed by atoms with Gasteiger partial charge in [-0.05, 0) is 12.4 Å². The molecule has 1 amide bonds. The van der Waals surface area contributed by atoms with Gasteiger partial charge in [0.05, 0.1) is 5.71 Å². The predicted octanol–water partition coefficient (Wildman–Crippen LogP) is 3.56. The number of fused-ring (bicyclic) bond motifs is 1. The van der Waals surface area contributed by atoms with Crippen molar-refractivity contribution in [2.45, 2.75) is 19.3 Å². The molecule has 2 N–H and O–H groups in total. The molecule has 0 saturated carbocycles. The van der Waals surface area contributed by atoms with Gasteiger partial charge in [0.25, 0.3) is 12.8 Å². The molecule has 0 fully saturated rings. The van der Waals surface area contributed by atoms with Crippen LogP contribution in [0.1, 0.15) is 16.7 Å². The molecule has 0 bridgehead atoms. The minimum absolute atomic E-state index is 0.0487. The van der Waals surface area contributed by atoms with E-state index in [2.05, 4.69) is 23.9 Å². The molecule has 0 aromatic heterocycles. The van der Waals surface area contributed by atoms with Gasteiger partial charge in [-0.15, -0.1) is 0 Å². The molecular formula is C23H22BN3O. The number of aliphatic imine (C=N–C) groups is 1. The maximum Gasteiger partial charge on any atom is 0.265 e. The zero-order valence-electron chi connectivity index (χ0n) is 15.8. The van der Waals surface area contributed by atoms with E-state index in [9.17, 15) is 4.79 Å². The Morgan fingerprint density at radius 1 is 0.929 bits per heavy atom. The number of benzodiazepines with no additional fused rings is 1. The summed E-state index contributed by atoms with van der Waals surface area (Å²) in [5.74, 6) is -0.179. The molecule has 3 aromatic rings. The highest BCUT2D eigenvalue weighted by molar-refractivity contribution is 6.66. The number of hydrogen-bond donors (Lipinski definition) is 1. The third-order valence-electron chi connectivity index (χ3n) is 5.04. The summed E-state index contributed by atoms with van der Waals surface area (Å²) in [5.41, 5.74) is 10.9. The number of carbonyl (C=O) groups is 1. The lowest BCUT2D eigenvalue weighted by Gasteiger charge is -2.29. The van der Waals surface area contributed by atoms with Crippen LogP contribution in [-0.4, -0.2) is 24.6 Å². The Kier molecular flexibility index (Phi) is 5.09. The summed E-state index contributed by atoms with van der Waals surface area (Å²) in [4.78, 5) is 19.6. The number of rotatable bonds is 4. The zero-order valence-corrected chi connectivity index (χ0v) is 15.8. The molecule has 4 rings (SSSR count). The van der Waals surface area contributed by atoms with Crippen LogP contribution in [0.5, 0.6) is 0 Å². The minimum Gasteiger partial charge on any atom is -0.354 e. The summed E-state index contributed by atoms with van der Waals surface area (Å²) in [7, 11) is 0. The van der Waals surface area contributed by atoms with Gasteiger partial charge in [0.2, 0.25) is 0 Å². The summed E-state index contributed by atoms with van der Waals surface area (Å²) in [6.45, 7) is 2.01. The molecule has 0 aliphatic carbocycles. The van der Waals surface area contributed by atoms with Crippen molar-refractivity contribution >= 4 is 24.2 Å². The molecule has 1 heterocycles. The lowest BCUT2D eigenvalue weighted by molar-refractivity contribution is -0.118. The van der Waals surface area contributed by atoms with Crippen molar-refractivity contribution in [1.82, 2.24) is 0 Å². The number of para-hydroxylation sites is 1. The van der Waals surface area contributed by atoms with Gasteiger partial charge in [-0.1, -0.05) is 91.2 Å². The second kappa shape index (κ2) is 7.83. The summed E-state index contributed by atoms with van der Waals surface area (Å²) in [6, 6.07) is 28.0. The summed E-state index contributed by atoms with van der Waals surface area (Å²) >= 11 is 0. The Bertz CT molecular complexity index is 1000. The van der Waals surface area contributed by atoms with Crippen molar-refractivity contribution in [2.75, 3.05) is 4.81 Å². The Hall–Kier alpha value is -3.18. The fourth-order valence-corrected chi connectivity index (χ4v) is 3.74.